The Morgan fingerprint density at radius 1 is 0.969 bits per heavy atom. The second kappa shape index (κ2) is 10.0. The molecule has 0 saturated heterocycles. The van der Waals surface area contributed by atoms with Gasteiger partial charge >= 0.3 is 5.97 Å². The predicted octanol–water partition coefficient (Wildman–Crippen LogP) is 4.68. The fourth-order valence-electron chi connectivity index (χ4n) is 3.45. The number of carbonyl (C=O) groups excluding carboxylic acids is 1. The lowest BCUT2D eigenvalue weighted by atomic mass is 10.1. The third-order valence-corrected chi connectivity index (χ3v) is 5.00. The first-order chi connectivity index (χ1) is 15.6. The number of nitrogens with two attached hydrogens (primary N) is 1. The molecule has 162 valence electrons. The minimum absolute atomic E-state index is 0.0891. The molecule has 0 bridgehead atoms. The maximum absolute atomic E-state index is 13.9. The van der Waals surface area contributed by atoms with Crippen LogP contribution in [0.5, 0.6) is 5.75 Å². The quantitative estimate of drug-likeness (QED) is 0.411. The first-order valence-electron chi connectivity index (χ1n) is 10.3. The van der Waals surface area contributed by atoms with Crippen molar-refractivity contribution in [2.75, 3.05) is 6.61 Å². The van der Waals surface area contributed by atoms with Crippen LogP contribution in [0.15, 0.2) is 85.1 Å². The average molecular weight is 430 g/mol. The molecule has 0 unspecified atom stereocenters. The van der Waals surface area contributed by atoms with Crippen molar-refractivity contribution in [2.45, 2.75) is 19.1 Å². The lowest BCUT2D eigenvalue weighted by molar-refractivity contribution is 0.0470. The molecule has 5 nitrogen and oxygen atoms in total. The average Bonchev–Trinajstić information content (AvgIpc) is 2.82. The highest BCUT2D eigenvalue weighted by atomic mass is 19.1. The van der Waals surface area contributed by atoms with E-state index in [0.717, 1.165) is 17.3 Å². The monoisotopic (exact) mass is 430 g/mol. The molecule has 4 rings (SSSR count). The standard InChI is InChI=1S/C26H23FN2O3/c27-20-14-22-23(29-15-20)11-12-24(31-17-21(28)13-18-7-3-1-4-8-18)25(22)26(30)32-16-19-9-5-2-6-10-19/h1-12,14-15,21H,13,16-17,28H2/t21-/m1/s1. The van der Waals surface area contributed by atoms with Gasteiger partial charge in [0.15, 0.2) is 0 Å². The summed E-state index contributed by atoms with van der Waals surface area (Å²) in [5, 5.41) is 0.331. The molecule has 1 aromatic heterocycles. The summed E-state index contributed by atoms with van der Waals surface area (Å²) in [6.45, 7) is 0.272. The second-order valence-electron chi connectivity index (χ2n) is 7.48. The van der Waals surface area contributed by atoms with Crippen molar-refractivity contribution < 1.29 is 18.7 Å². The van der Waals surface area contributed by atoms with Crippen molar-refractivity contribution in [1.29, 1.82) is 0 Å². The van der Waals surface area contributed by atoms with Gasteiger partial charge < -0.3 is 15.2 Å². The minimum Gasteiger partial charge on any atom is -0.491 e. The third-order valence-electron chi connectivity index (χ3n) is 5.00. The Bertz CT molecular complexity index is 1200. The Hall–Kier alpha value is -3.77. The molecule has 32 heavy (non-hydrogen) atoms. The minimum atomic E-state index is -0.613. The number of nitrogens with zero attached hydrogens (tertiary/aromatic N) is 1. The van der Waals surface area contributed by atoms with E-state index < -0.39 is 11.8 Å². The molecule has 3 aromatic carbocycles. The molecule has 6 heteroatoms. The second-order valence-corrected chi connectivity index (χ2v) is 7.48. The number of hydrogen-bond acceptors (Lipinski definition) is 5. The Morgan fingerprint density at radius 2 is 1.66 bits per heavy atom. The molecule has 0 fully saturated rings. The van der Waals surface area contributed by atoms with Crippen LogP contribution in [-0.2, 0) is 17.8 Å². The maximum atomic E-state index is 13.9. The molecule has 0 spiro atoms. The van der Waals surface area contributed by atoms with Crippen molar-refractivity contribution in [1.82, 2.24) is 4.98 Å². The topological polar surface area (TPSA) is 74.4 Å². The van der Waals surface area contributed by atoms with Crippen molar-refractivity contribution in [3.8, 4) is 5.75 Å². The van der Waals surface area contributed by atoms with Crippen LogP contribution in [0.25, 0.3) is 10.9 Å². The van der Waals surface area contributed by atoms with Gasteiger partial charge in [-0.15, -0.1) is 0 Å². The van der Waals surface area contributed by atoms with E-state index in [1.807, 2.05) is 60.7 Å². The van der Waals surface area contributed by atoms with Gasteiger partial charge in [0.1, 0.15) is 30.3 Å². The summed E-state index contributed by atoms with van der Waals surface area (Å²) in [7, 11) is 0. The van der Waals surface area contributed by atoms with Gasteiger partial charge in [-0.25, -0.2) is 9.18 Å². The normalized spacial score (nSPS) is 11.8. The van der Waals surface area contributed by atoms with Gasteiger partial charge in [-0.05, 0) is 35.7 Å². The van der Waals surface area contributed by atoms with E-state index in [4.69, 9.17) is 15.2 Å². The van der Waals surface area contributed by atoms with Crippen molar-refractivity contribution in [3.05, 3.63) is 108 Å². The van der Waals surface area contributed by atoms with Gasteiger partial charge in [-0.2, -0.15) is 0 Å². The number of fused-ring (bicyclic) bond motifs is 1. The summed E-state index contributed by atoms with van der Waals surface area (Å²) >= 11 is 0. The molecule has 0 aliphatic carbocycles. The summed E-state index contributed by atoms with van der Waals surface area (Å²) in [6, 6.07) is 23.5. The summed E-state index contributed by atoms with van der Waals surface area (Å²) in [6.07, 6.45) is 1.73. The first kappa shape index (κ1) is 21.5. The zero-order valence-electron chi connectivity index (χ0n) is 17.4. The van der Waals surface area contributed by atoms with Gasteiger partial charge in [0.25, 0.3) is 0 Å². The van der Waals surface area contributed by atoms with E-state index in [0.29, 0.717) is 17.3 Å². The highest BCUT2D eigenvalue weighted by Crippen LogP contribution is 2.29. The fourth-order valence-corrected chi connectivity index (χ4v) is 3.45. The van der Waals surface area contributed by atoms with Crippen LogP contribution in [0.3, 0.4) is 0 Å². The van der Waals surface area contributed by atoms with E-state index in [1.54, 1.807) is 12.1 Å². The molecule has 0 aliphatic heterocycles. The third kappa shape index (κ3) is 5.28. The molecule has 2 N–H and O–H groups in total. The molecule has 1 atom stereocenters. The van der Waals surface area contributed by atoms with Crippen molar-refractivity contribution in [2.24, 2.45) is 5.73 Å². The van der Waals surface area contributed by atoms with Crippen molar-refractivity contribution >= 4 is 16.9 Å². The van der Waals surface area contributed by atoms with E-state index >= 15 is 0 Å². The molecule has 1 heterocycles. The molecule has 0 aliphatic rings. The first-order valence-corrected chi connectivity index (χ1v) is 10.3. The fraction of sp³-hybridized carbons (Fsp3) is 0.154. The zero-order valence-corrected chi connectivity index (χ0v) is 17.4. The highest BCUT2D eigenvalue weighted by molar-refractivity contribution is 6.06. The molecular formula is C26H23FN2O3. The van der Waals surface area contributed by atoms with Gasteiger partial charge in [0.2, 0.25) is 0 Å². The summed E-state index contributed by atoms with van der Waals surface area (Å²) in [4.78, 5) is 17.1. The number of benzene rings is 3. The van der Waals surface area contributed by atoms with Crippen LogP contribution in [0, 0.1) is 5.82 Å². The van der Waals surface area contributed by atoms with Crippen LogP contribution in [0.2, 0.25) is 0 Å². The molecular weight excluding hydrogens is 407 g/mol. The van der Waals surface area contributed by atoms with Crippen LogP contribution in [0.1, 0.15) is 21.5 Å². The summed E-state index contributed by atoms with van der Waals surface area (Å²) in [5.41, 5.74) is 8.78. The number of hydrogen-bond donors (Lipinski definition) is 1. The van der Waals surface area contributed by atoms with Gasteiger partial charge in [0.05, 0.1) is 11.7 Å². The van der Waals surface area contributed by atoms with E-state index in [1.165, 1.54) is 6.07 Å². The number of ether oxygens (including phenoxy) is 2. The van der Waals surface area contributed by atoms with Gasteiger partial charge in [-0.3, -0.25) is 4.98 Å². The molecule has 0 amide bonds. The molecule has 0 radical (unpaired) electrons. The molecule has 4 aromatic rings. The van der Waals surface area contributed by atoms with Crippen LogP contribution < -0.4 is 10.5 Å². The Kier molecular flexibility index (Phi) is 6.72. The maximum Gasteiger partial charge on any atom is 0.342 e. The Labute approximate surface area is 185 Å². The lowest BCUT2D eigenvalue weighted by Crippen LogP contribution is -2.30. The van der Waals surface area contributed by atoms with Gasteiger partial charge in [0, 0.05) is 11.4 Å². The predicted molar refractivity (Wildman–Crippen MR) is 121 cm³/mol. The Morgan fingerprint density at radius 3 is 2.38 bits per heavy atom. The number of carbonyl (C=O) groups is 1. The SMILES string of the molecule is N[C@@H](COc1ccc2ncc(F)cc2c1C(=O)OCc1ccccc1)Cc1ccccc1. The number of esters is 1. The summed E-state index contributed by atoms with van der Waals surface area (Å²) < 4.78 is 25.4. The van der Waals surface area contributed by atoms with Crippen LogP contribution in [-0.4, -0.2) is 23.6 Å². The lowest BCUT2D eigenvalue weighted by Gasteiger charge is -2.17. The zero-order chi connectivity index (χ0) is 22.3. The Balaban J connectivity index is 1.56. The number of pyridine rings is 1. The van der Waals surface area contributed by atoms with Crippen molar-refractivity contribution in [3.63, 3.8) is 0 Å². The highest BCUT2D eigenvalue weighted by Gasteiger charge is 2.20. The van der Waals surface area contributed by atoms with Gasteiger partial charge in [-0.1, -0.05) is 60.7 Å². The molecule has 0 saturated carbocycles. The number of rotatable bonds is 8. The number of halogens is 1. The van der Waals surface area contributed by atoms with E-state index in [9.17, 15) is 9.18 Å². The number of aromatic nitrogens is 1. The van der Waals surface area contributed by atoms with Crippen LogP contribution in [0.4, 0.5) is 4.39 Å². The summed E-state index contributed by atoms with van der Waals surface area (Å²) in [5.74, 6) is -0.877. The van der Waals surface area contributed by atoms with E-state index in [2.05, 4.69) is 4.98 Å². The smallest absolute Gasteiger partial charge is 0.342 e. The van der Waals surface area contributed by atoms with E-state index in [-0.39, 0.29) is 30.6 Å². The largest absolute Gasteiger partial charge is 0.491 e. The van der Waals surface area contributed by atoms with Crippen LogP contribution >= 0.6 is 0 Å².